The van der Waals surface area contributed by atoms with Gasteiger partial charge in [0.15, 0.2) is 11.6 Å². The van der Waals surface area contributed by atoms with Crippen molar-refractivity contribution in [3.8, 4) is 5.75 Å². The van der Waals surface area contributed by atoms with Gasteiger partial charge >= 0.3 is 0 Å². The molecule has 2 aromatic rings. The van der Waals surface area contributed by atoms with Crippen LogP contribution in [0.4, 0.5) is 5.82 Å². The van der Waals surface area contributed by atoms with E-state index in [2.05, 4.69) is 20.3 Å². The summed E-state index contributed by atoms with van der Waals surface area (Å²) in [6.07, 6.45) is 3.42. The molecule has 5 nitrogen and oxygen atoms in total. The summed E-state index contributed by atoms with van der Waals surface area (Å²) in [7, 11) is 0. The average molecular weight is 264 g/mol. The Morgan fingerprint density at radius 1 is 1.39 bits per heavy atom. The van der Waals surface area contributed by atoms with Gasteiger partial charge < -0.3 is 15.4 Å². The highest BCUT2D eigenvalue weighted by atomic mass is 32.2. The summed E-state index contributed by atoms with van der Waals surface area (Å²) in [6.45, 7) is 4.61. The van der Waals surface area contributed by atoms with Gasteiger partial charge in [0, 0.05) is 24.2 Å². The summed E-state index contributed by atoms with van der Waals surface area (Å²) >= 11 is 1.67. The molecular formula is C12H16N4OS. The first-order valence-electron chi connectivity index (χ1n) is 5.69. The van der Waals surface area contributed by atoms with Gasteiger partial charge in [-0.2, -0.15) is 0 Å². The summed E-state index contributed by atoms with van der Waals surface area (Å²) in [5.74, 6) is 1.58. The fourth-order valence-corrected chi connectivity index (χ4v) is 2.30. The van der Waals surface area contributed by atoms with Crippen LogP contribution in [0.15, 0.2) is 23.6 Å². The van der Waals surface area contributed by atoms with Crippen LogP contribution in [-0.2, 0) is 0 Å². The van der Waals surface area contributed by atoms with E-state index in [-0.39, 0.29) is 5.75 Å². The summed E-state index contributed by atoms with van der Waals surface area (Å²) in [4.78, 5) is 11.4. The number of rotatable bonds is 5. The van der Waals surface area contributed by atoms with Crippen molar-refractivity contribution in [1.29, 1.82) is 0 Å². The smallest absolute Gasteiger partial charge is 0.168 e. The number of hydrogen-bond donors (Lipinski definition) is 3. The number of anilines is 1. The summed E-state index contributed by atoms with van der Waals surface area (Å²) in [6, 6.07) is 1.69. The summed E-state index contributed by atoms with van der Waals surface area (Å²) in [5.41, 5.74) is 2.02. The van der Waals surface area contributed by atoms with Gasteiger partial charge in [-0.05, 0) is 25.5 Å². The van der Waals surface area contributed by atoms with E-state index >= 15 is 0 Å². The van der Waals surface area contributed by atoms with Gasteiger partial charge in [0.2, 0.25) is 0 Å². The molecule has 0 aromatic carbocycles. The molecule has 0 amide bonds. The molecule has 0 aliphatic carbocycles. The standard InChI is InChI=1S/C12H16N4OS/c1-8-5-10(17)11(14-6-8)13-3-4-18-12-9(2)15-7-16-12/h5-7,17H,3-4H2,1-2H3,(H,13,14)(H,15,16). The molecule has 6 heteroatoms. The zero-order valence-electron chi connectivity index (χ0n) is 10.4. The molecule has 2 rings (SSSR count). The molecule has 0 atom stereocenters. The van der Waals surface area contributed by atoms with Gasteiger partial charge in [-0.25, -0.2) is 9.97 Å². The van der Waals surface area contributed by atoms with E-state index in [9.17, 15) is 5.11 Å². The summed E-state index contributed by atoms with van der Waals surface area (Å²) in [5, 5.41) is 13.8. The number of hydrogen-bond acceptors (Lipinski definition) is 5. The van der Waals surface area contributed by atoms with Crippen LogP contribution < -0.4 is 5.32 Å². The predicted octanol–water partition coefficient (Wildman–Crippen LogP) is 2.33. The van der Waals surface area contributed by atoms with Gasteiger partial charge in [-0.3, -0.25) is 0 Å². The number of aromatic hydroxyl groups is 1. The number of pyridine rings is 1. The minimum Gasteiger partial charge on any atom is -0.504 e. The molecule has 2 aromatic heterocycles. The lowest BCUT2D eigenvalue weighted by Crippen LogP contribution is -2.06. The molecule has 0 saturated carbocycles. The molecule has 0 fully saturated rings. The van der Waals surface area contributed by atoms with Crippen LogP contribution in [0.2, 0.25) is 0 Å². The van der Waals surface area contributed by atoms with Crippen molar-refractivity contribution in [3.05, 3.63) is 29.8 Å². The van der Waals surface area contributed by atoms with Crippen LogP contribution in [-0.4, -0.2) is 32.4 Å². The molecule has 96 valence electrons. The van der Waals surface area contributed by atoms with Gasteiger partial charge in [-0.15, -0.1) is 11.8 Å². The third-order valence-corrected chi connectivity index (χ3v) is 3.51. The van der Waals surface area contributed by atoms with Crippen LogP contribution >= 0.6 is 11.8 Å². The highest BCUT2D eigenvalue weighted by Gasteiger charge is 2.03. The number of aromatic amines is 1. The van der Waals surface area contributed by atoms with Crippen LogP contribution in [0.1, 0.15) is 11.3 Å². The Hall–Kier alpha value is -1.69. The molecule has 0 aliphatic rings. The van der Waals surface area contributed by atoms with E-state index in [1.165, 1.54) is 0 Å². The van der Waals surface area contributed by atoms with Gasteiger partial charge in [0.05, 0.1) is 6.33 Å². The Bertz CT molecular complexity index is 527. The maximum atomic E-state index is 9.67. The van der Waals surface area contributed by atoms with Gasteiger partial charge in [-0.1, -0.05) is 0 Å². The topological polar surface area (TPSA) is 73.8 Å². The second-order valence-corrected chi connectivity index (χ2v) is 5.07. The van der Waals surface area contributed by atoms with Crippen LogP contribution in [0.5, 0.6) is 5.75 Å². The third kappa shape index (κ3) is 3.16. The second-order valence-electron chi connectivity index (χ2n) is 3.99. The number of aryl methyl sites for hydroxylation is 2. The Morgan fingerprint density at radius 2 is 2.22 bits per heavy atom. The number of imidazole rings is 1. The first-order chi connectivity index (χ1) is 8.66. The number of thioether (sulfide) groups is 1. The lowest BCUT2D eigenvalue weighted by molar-refractivity contribution is 0.474. The minimum atomic E-state index is 0.191. The molecule has 0 bridgehead atoms. The number of nitrogens with zero attached hydrogens (tertiary/aromatic N) is 2. The van der Waals surface area contributed by atoms with Crippen molar-refractivity contribution in [3.63, 3.8) is 0 Å². The zero-order chi connectivity index (χ0) is 13.0. The molecular weight excluding hydrogens is 248 g/mol. The normalized spacial score (nSPS) is 10.6. The van der Waals surface area contributed by atoms with Crippen molar-refractivity contribution < 1.29 is 5.11 Å². The van der Waals surface area contributed by atoms with E-state index in [0.717, 1.165) is 28.6 Å². The number of aromatic nitrogens is 3. The lowest BCUT2D eigenvalue weighted by Gasteiger charge is -2.07. The highest BCUT2D eigenvalue weighted by Crippen LogP contribution is 2.21. The fraction of sp³-hybridized carbons (Fsp3) is 0.333. The quantitative estimate of drug-likeness (QED) is 0.571. The monoisotopic (exact) mass is 264 g/mol. The molecule has 0 radical (unpaired) electrons. The molecule has 0 unspecified atom stereocenters. The Morgan fingerprint density at radius 3 is 2.89 bits per heavy atom. The van der Waals surface area contributed by atoms with Crippen LogP contribution in [0.3, 0.4) is 0 Å². The largest absolute Gasteiger partial charge is 0.504 e. The first kappa shape index (κ1) is 12.8. The van der Waals surface area contributed by atoms with Crippen molar-refractivity contribution in [2.24, 2.45) is 0 Å². The molecule has 0 saturated heterocycles. The lowest BCUT2D eigenvalue weighted by atomic mass is 10.3. The van der Waals surface area contributed by atoms with Gasteiger partial charge in [0.25, 0.3) is 0 Å². The third-order valence-electron chi connectivity index (χ3n) is 2.42. The number of H-pyrrole nitrogens is 1. The SMILES string of the molecule is Cc1cnc(NCCSc2nc[nH]c2C)c(O)c1. The predicted molar refractivity (Wildman–Crippen MR) is 73.2 cm³/mol. The van der Waals surface area contributed by atoms with Crippen LogP contribution in [0, 0.1) is 13.8 Å². The van der Waals surface area contributed by atoms with Crippen LogP contribution in [0.25, 0.3) is 0 Å². The number of nitrogens with one attached hydrogen (secondary N) is 2. The van der Waals surface area contributed by atoms with E-state index in [4.69, 9.17) is 0 Å². The fourth-order valence-electron chi connectivity index (χ4n) is 1.50. The first-order valence-corrected chi connectivity index (χ1v) is 6.67. The van der Waals surface area contributed by atoms with Crippen molar-refractivity contribution in [1.82, 2.24) is 15.0 Å². The molecule has 0 aliphatic heterocycles. The molecule has 2 heterocycles. The highest BCUT2D eigenvalue weighted by molar-refractivity contribution is 7.99. The van der Waals surface area contributed by atoms with E-state index in [1.54, 1.807) is 30.4 Å². The molecule has 3 N–H and O–H groups in total. The summed E-state index contributed by atoms with van der Waals surface area (Å²) < 4.78 is 0. The minimum absolute atomic E-state index is 0.191. The zero-order valence-corrected chi connectivity index (χ0v) is 11.2. The maximum Gasteiger partial charge on any atom is 0.168 e. The molecule has 18 heavy (non-hydrogen) atoms. The Balaban J connectivity index is 1.80. The van der Waals surface area contributed by atoms with Crippen molar-refractivity contribution in [2.75, 3.05) is 17.6 Å². The molecule has 0 spiro atoms. The van der Waals surface area contributed by atoms with Crippen molar-refractivity contribution >= 4 is 17.6 Å². The average Bonchev–Trinajstić information content (AvgIpc) is 2.73. The van der Waals surface area contributed by atoms with E-state index in [0.29, 0.717) is 5.82 Å². The van der Waals surface area contributed by atoms with Gasteiger partial charge in [0.1, 0.15) is 5.03 Å². The van der Waals surface area contributed by atoms with E-state index in [1.807, 2.05) is 13.8 Å². The van der Waals surface area contributed by atoms with Crippen molar-refractivity contribution in [2.45, 2.75) is 18.9 Å². The maximum absolute atomic E-state index is 9.67. The Labute approximate surface area is 110 Å². The Kier molecular flexibility index (Phi) is 4.09. The second kappa shape index (κ2) is 5.77. The van der Waals surface area contributed by atoms with E-state index < -0.39 is 0 Å².